The van der Waals surface area contributed by atoms with Crippen LogP contribution in [-0.4, -0.2) is 31.7 Å². The Morgan fingerprint density at radius 2 is 1.87 bits per heavy atom. The average molecular weight is 214 g/mol. The second kappa shape index (κ2) is 5.78. The molecule has 0 aromatic carbocycles. The van der Waals surface area contributed by atoms with E-state index in [9.17, 15) is 9.59 Å². The number of ether oxygens (including phenoxy) is 2. The van der Waals surface area contributed by atoms with Gasteiger partial charge in [-0.05, 0) is 13.8 Å². The van der Waals surface area contributed by atoms with E-state index in [-0.39, 0.29) is 19.6 Å². The van der Waals surface area contributed by atoms with Crippen molar-refractivity contribution in [2.24, 2.45) is 5.41 Å². The van der Waals surface area contributed by atoms with E-state index in [2.05, 4.69) is 4.74 Å². The highest BCUT2D eigenvalue weighted by molar-refractivity contribution is 6.75. The molecule has 86 valence electrons. The van der Waals surface area contributed by atoms with Crippen LogP contribution in [0.4, 0.5) is 4.79 Å². The van der Waals surface area contributed by atoms with Crippen molar-refractivity contribution in [3.63, 3.8) is 0 Å². The van der Waals surface area contributed by atoms with Crippen molar-refractivity contribution in [1.29, 1.82) is 0 Å². The van der Waals surface area contributed by atoms with Gasteiger partial charge in [-0.2, -0.15) is 0 Å². The maximum atomic E-state index is 11.6. The lowest BCUT2D eigenvalue weighted by atomic mass is 9.60. The Hall–Kier alpha value is -0.995. The summed E-state index contributed by atoms with van der Waals surface area (Å²) in [6, 6.07) is -0.434. The van der Waals surface area contributed by atoms with Gasteiger partial charge in [0.15, 0.2) is 0 Å². The topological polar surface area (TPSA) is 52.6 Å². The summed E-state index contributed by atoms with van der Waals surface area (Å²) >= 11 is 0. The Morgan fingerprint density at radius 1 is 1.33 bits per heavy atom. The van der Waals surface area contributed by atoms with Crippen LogP contribution in [-0.2, 0) is 14.3 Å². The van der Waals surface area contributed by atoms with Gasteiger partial charge >= 0.3 is 6.16 Å². The minimum absolute atomic E-state index is 0.0688. The molecule has 4 nitrogen and oxygen atoms in total. The van der Waals surface area contributed by atoms with Crippen molar-refractivity contribution < 1.29 is 19.1 Å². The van der Waals surface area contributed by atoms with Gasteiger partial charge in [0.2, 0.25) is 0 Å². The van der Waals surface area contributed by atoms with Gasteiger partial charge in [0.25, 0.3) is 7.28 Å². The minimum Gasteiger partial charge on any atom is -0.440 e. The molecule has 0 aromatic rings. The molecule has 0 amide bonds. The van der Waals surface area contributed by atoms with Gasteiger partial charge in [-0.15, -0.1) is 0 Å². The Kier molecular flexibility index (Phi) is 5.40. The molecule has 5 heteroatoms. The lowest BCUT2D eigenvalue weighted by Crippen LogP contribution is -2.34. The average Bonchev–Trinajstić information content (AvgIpc) is 2.01. The van der Waals surface area contributed by atoms with E-state index in [1.54, 1.807) is 13.8 Å². The van der Waals surface area contributed by atoms with Gasteiger partial charge < -0.3 is 14.3 Å². The van der Waals surface area contributed by atoms with Crippen molar-refractivity contribution in [2.45, 2.75) is 40.6 Å². The first-order chi connectivity index (χ1) is 6.77. The SMILES string of the molecule is CCOC(=O)OC(C)BC(=O)C(C)(C)C. The Morgan fingerprint density at radius 3 is 2.27 bits per heavy atom. The Balaban J connectivity index is 3.99. The molecule has 0 saturated heterocycles. The summed E-state index contributed by atoms with van der Waals surface area (Å²) in [6.07, 6.45) is -0.716. The molecule has 0 radical (unpaired) electrons. The van der Waals surface area contributed by atoms with Crippen LogP contribution in [0.3, 0.4) is 0 Å². The summed E-state index contributed by atoms with van der Waals surface area (Å²) in [7, 11) is 0.225. The highest BCUT2D eigenvalue weighted by Gasteiger charge is 2.26. The number of hydrogen-bond donors (Lipinski definition) is 0. The summed E-state index contributed by atoms with van der Waals surface area (Å²) < 4.78 is 9.48. The minimum atomic E-state index is -0.716. The highest BCUT2D eigenvalue weighted by Crippen LogP contribution is 2.14. The van der Waals surface area contributed by atoms with Crippen molar-refractivity contribution in [2.75, 3.05) is 6.61 Å². The van der Waals surface area contributed by atoms with Crippen LogP contribution < -0.4 is 0 Å². The van der Waals surface area contributed by atoms with Crippen LogP contribution in [0, 0.1) is 5.41 Å². The van der Waals surface area contributed by atoms with Gasteiger partial charge in [0, 0.05) is 5.41 Å². The normalized spacial score (nSPS) is 12.9. The van der Waals surface area contributed by atoms with E-state index in [1.807, 2.05) is 20.8 Å². The molecule has 0 aliphatic heterocycles. The zero-order valence-corrected chi connectivity index (χ0v) is 10.1. The number of rotatable bonds is 4. The maximum Gasteiger partial charge on any atom is 0.507 e. The third kappa shape index (κ3) is 6.15. The third-order valence-corrected chi connectivity index (χ3v) is 1.87. The van der Waals surface area contributed by atoms with Crippen LogP contribution >= 0.6 is 0 Å². The molecule has 0 spiro atoms. The Bertz CT molecular complexity index is 232. The van der Waals surface area contributed by atoms with Crippen LogP contribution in [0.1, 0.15) is 34.6 Å². The molecular formula is C10H19BO4. The van der Waals surface area contributed by atoms with E-state index in [0.717, 1.165) is 0 Å². The quantitative estimate of drug-likeness (QED) is 0.525. The summed E-state index contributed by atoms with van der Waals surface area (Å²) in [4.78, 5) is 22.5. The zero-order chi connectivity index (χ0) is 12.1. The van der Waals surface area contributed by atoms with Crippen LogP contribution in [0.25, 0.3) is 0 Å². The van der Waals surface area contributed by atoms with Gasteiger partial charge in [0.1, 0.15) is 0 Å². The molecule has 1 atom stereocenters. The predicted molar refractivity (Wildman–Crippen MR) is 59.2 cm³/mol. The molecule has 0 aliphatic carbocycles. The van der Waals surface area contributed by atoms with E-state index in [4.69, 9.17) is 4.74 Å². The molecule has 0 aromatic heterocycles. The standard InChI is InChI=1S/C10H19BO4/c1-6-14-9(13)15-7(2)11-8(12)10(3,4)5/h7,11H,6H2,1-5H3. The monoisotopic (exact) mass is 214 g/mol. The summed E-state index contributed by atoms with van der Waals surface area (Å²) in [5.74, 6) is 0. The molecule has 15 heavy (non-hydrogen) atoms. The predicted octanol–water partition coefficient (Wildman–Crippen LogP) is 1.51. The molecule has 0 bridgehead atoms. The first-order valence-corrected chi connectivity index (χ1v) is 5.14. The lowest BCUT2D eigenvalue weighted by molar-refractivity contribution is -0.118. The summed E-state index contributed by atoms with van der Waals surface area (Å²) in [5.41, 5.74) is -0.328. The van der Waals surface area contributed by atoms with E-state index >= 15 is 0 Å². The molecule has 0 N–H and O–H groups in total. The maximum absolute atomic E-state index is 11.6. The van der Waals surface area contributed by atoms with Gasteiger partial charge in [-0.1, -0.05) is 20.8 Å². The second-order valence-electron chi connectivity index (χ2n) is 4.49. The number of carbonyl (C=O) groups is 2. The Labute approximate surface area is 91.6 Å². The molecule has 0 saturated carbocycles. The van der Waals surface area contributed by atoms with Crippen molar-refractivity contribution in [3.8, 4) is 0 Å². The molecule has 0 rings (SSSR count). The fraction of sp³-hybridized carbons (Fsp3) is 0.800. The molecule has 0 fully saturated rings. The van der Waals surface area contributed by atoms with Gasteiger partial charge in [-0.25, -0.2) is 4.79 Å². The lowest BCUT2D eigenvalue weighted by Gasteiger charge is -2.18. The highest BCUT2D eigenvalue weighted by atomic mass is 16.7. The number of carbonyl (C=O) groups excluding carboxylic acids is 2. The van der Waals surface area contributed by atoms with Gasteiger partial charge in [-0.3, -0.25) is 0 Å². The van der Waals surface area contributed by atoms with Crippen LogP contribution in [0.15, 0.2) is 0 Å². The molecular weight excluding hydrogens is 195 g/mol. The fourth-order valence-corrected chi connectivity index (χ4v) is 0.925. The van der Waals surface area contributed by atoms with Crippen molar-refractivity contribution in [1.82, 2.24) is 0 Å². The molecule has 1 unspecified atom stereocenters. The third-order valence-electron chi connectivity index (χ3n) is 1.87. The fourth-order valence-electron chi connectivity index (χ4n) is 0.925. The summed E-state index contributed by atoms with van der Waals surface area (Å²) in [5, 5.41) is 0. The van der Waals surface area contributed by atoms with Crippen molar-refractivity contribution >= 4 is 19.1 Å². The van der Waals surface area contributed by atoms with E-state index in [0.29, 0.717) is 0 Å². The largest absolute Gasteiger partial charge is 0.507 e. The molecule has 0 aliphatic rings. The zero-order valence-electron chi connectivity index (χ0n) is 10.1. The second-order valence-corrected chi connectivity index (χ2v) is 4.49. The van der Waals surface area contributed by atoms with Gasteiger partial charge in [0.05, 0.1) is 18.3 Å². The van der Waals surface area contributed by atoms with Crippen LogP contribution in [0.2, 0.25) is 0 Å². The first kappa shape index (κ1) is 14.0. The van der Waals surface area contributed by atoms with E-state index < -0.39 is 17.6 Å². The molecule has 0 heterocycles. The number of hydrogen-bond acceptors (Lipinski definition) is 4. The first-order valence-electron chi connectivity index (χ1n) is 5.14. The van der Waals surface area contributed by atoms with Crippen molar-refractivity contribution in [3.05, 3.63) is 0 Å². The van der Waals surface area contributed by atoms with Crippen LogP contribution in [0.5, 0.6) is 0 Å². The smallest absolute Gasteiger partial charge is 0.440 e. The van der Waals surface area contributed by atoms with E-state index in [1.165, 1.54) is 0 Å². The summed E-state index contributed by atoms with van der Waals surface area (Å²) in [6.45, 7) is 9.18.